The van der Waals surface area contributed by atoms with Crippen LogP contribution in [0.2, 0.25) is 0 Å². The van der Waals surface area contributed by atoms with E-state index >= 15 is 0 Å². The summed E-state index contributed by atoms with van der Waals surface area (Å²) in [6.07, 6.45) is 4.52. The fourth-order valence-electron chi connectivity index (χ4n) is 3.52. The van der Waals surface area contributed by atoms with E-state index in [0.29, 0.717) is 30.9 Å². The maximum Gasteiger partial charge on any atom is 0.175 e. The van der Waals surface area contributed by atoms with Crippen LogP contribution in [0.1, 0.15) is 30.7 Å². The number of rotatable bonds is 7. The van der Waals surface area contributed by atoms with Crippen molar-refractivity contribution in [1.82, 2.24) is 5.32 Å². The third-order valence-corrected chi connectivity index (χ3v) is 5.94. The van der Waals surface area contributed by atoms with E-state index in [9.17, 15) is 12.8 Å². The molecule has 0 bridgehead atoms. The first-order chi connectivity index (χ1) is 12.4. The lowest BCUT2D eigenvalue weighted by atomic mass is 9.94. The Morgan fingerprint density at radius 2 is 1.92 bits per heavy atom. The average molecular weight is 377 g/mol. The van der Waals surface area contributed by atoms with Crippen LogP contribution in [-0.4, -0.2) is 33.9 Å². The molecule has 0 spiro atoms. The van der Waals surface area contributed by atoms with Gasteiger partial charge in [-0.15, -0.1) is 0 Å². The molecule has 2 atom stereocenters. The lowest BCUT2D eigenvalue weighted by Crippen LogP contribution is -2.34. The topological polar surface area (TPSA) is 55.4 Å². The zero-order valence-electron chi connectivity index (χ0n) is 14.8. The monoisotopic (exact) mass is 377 g/mol. The summed E-state index contributed by atoms with van der Waals surface area (Å²) in [7, 11) is -3.23. The zero-order valence-corrected chi connectivity index (χ0v) is 15.6. The van der Waals surface area contributed by atoms with Crippen molar-refractivity contribution in [3.05, 3.63) is 59.9 Å². The molecule has 140 valence electrons. The maximum absolute atomic E-state index is 13.1. The van der Waals surface area contributed by atoms with E-state index in [1.807, 2.05) is 12.1 Å². The van der Waals surface area contributed by atoms with Crippen molar-refractivity contribution in [2.45, 2.75) is 36.1 Å². The lowest BCUT2D eigenvalue weighted by molar-refractivity contribution is 0.301. The number of nitrogens with one attached hydrogen (secondary N) is 1. The summed E-state index contributed by atoms with van der Waals surface area (Å²) in [4.78, 5) is 0.259. The fraction of sp³-hybridized carbons (Fsp3) is 0.400. The van der Waals surface area contributed by atoms with Crippen molar-refractivity contribution in [1.29, 1.82) is 0 Å². The molecule has 4 nitrogen and oxygen atoms in total. The molecule has 0 radical (unpaired) electrons. The Kier molecular flexibility index (Phi) is 5.94. The second-order valence-electron chi connectivity index (χ2n) is 6.75. The molecule has 26 heavy (non-hydrogen) atoms. The Bertz CT molecular complexity index is 836. The van der Waals surface area contributed by atoms with Crippen molar-refractivity contribution in [2.24, 2.45) is 0 Å². The predicted molar refractivity (Wildman–Crippen MR) is 99.8 cm³/mol. The molecular weight excluding hydrogens is 353 g/mol. The minimum atomic E-state index is -3.23. The van der Waals surface area contributed by atoms with Gasteiger partial charge in [-0.25, -0.2) is 12.8 Å². The summed E-state index contributed by atoms with van der Waals surface area (Å²) in [6, 6.07) is 13.7. The fourth-order valence-corrected chi connectivity index (χ4v) is 4.18. The summed E-state index contributed by atoms with van der Waals surface area (Å²) in [5, 5.41) is 3.52. The summed E-state index contributed by atoms with van der Waals surface area (Å²) in [6.45, 7) is 1.13. The molecule has 1 aliphatic rings. The highest BCUT2D eigenvalue weighted by molar-refractivity contribution is 7.90. The predicted octanol–water partition coefficient (Wildman–Crippen LogP) is 3.53. The molecule has 1 aliphatic carbocycles. The molecule has 2 aromatic carbocycles. The first-order valence-corrected chi connectivity index (χ1v) is 10.7. The van der Waals surface area contributed by atoms with Crippen molar-refractivity contribution in [2.75, 3.05) is 19.4 Å². The summed E-state index contributed by atoms with van der Waals surface area (Å²) in [5.41, 5.74) is 1.17. The molecule has 6 heteroatoms. The molecule has 0 aromatic heterocycles. The van der Waals surface area contributed by atoms with Gasteiger partial charge in [0.2, 0.25) is 0 Å². The number of sulfone groups is 1. The second-order valence-corrected chi connectivity index (χ2v) is 8.76. The van der Waals surface area contributed by atoms with Crippen LogP contribution in [-0.2, 0) is 9.84 Å². The number of halogens is 1. The third kappa shape index (κ3) is 4.83. The summed E-state index contributed by atoms with van der Waals surface area (Å²) < 4.78 is 42.0. The van der Waals surface area contributed by atoms with Gasteiger partial charge in [-0.3, -0.25) is 0 Å². The van der Waals surface area contributed by atoms with Gasteiger partial charge in [0.05, 0.1) is 4.90 Å². The van der Waals surface area contributed by atoms with E-state index in [2.05, 4.69) is 5.32 Å². The molecule has 2 aromatic rings. The van der Waals surface area contributed by atoms with Gasteiger partial charge in [0.15, 0.2) is 9.84 Å². The standard InChI is InChI=1S/C20H24FNO3S/c1-26(23,24)18-5-2-4-17(14-18)25-13-12-22-20-7-3-6-19(20)15-8-10-16(21)11-9-15/h2,4-5,8-11,14,19-20,22H,3,6-7,12-13H2,1H3. The van der Waals surface area contributed by atoms with Gasteiger partial charge in [-0.05, 0) is 54.7 Å². The van der Waals surface area contributed by atoms with E-state index in [1.54, 1.807) is 24.3 Å². The molecule has 2 unspecified atom stereocenters. The molecule has 1 saturated carbocycles. The van der Waals surface area contributed by atoms with Crippen LogP contribution in [0.4, 0.5) is 4.39 Å². The molecule has 0 aliphatic heterocycles. The summed E-state index contributed by atoms with van der Waals surface area (Å²) in [5.74, 6) is 0.737. The number of hydrogen-bond donors (Lipinski definition) is 1. The molecule has 0 saturated heterocycles. The summed E-state index contributed by atoms with van der Waals surface area (Å²) >= 11 is 0. The van der Waals surface area contributed by atoms with Crippen LogP contribution in [0.15, 0.2) is 53.4 Å². The maximum atomic E-state index is 13.1. The van der Waals surface area contributed by atoms with Crippen molar-refractivity contribution in [3.63, 3.8) is 0 Å². The quantitative estimate of drug-likeness (QED) is 0.750. The van der Waals surface area contributed by atoms with E-state index in [-0.39, 0.29) is 10.7 Å². The molecular formula is C20H24FNO3S. The van der Waals surface area contributed by atoms with Crippen LogP contribution in [0, 0.1) is 5.82 Å². The average Bonchev–Trinajstić information content (AvgIpc) is 3.07. The van der Waals surface area contributed by atoms with Crippen molar-refractivity contribution < 1.29 is 17.5 Å². The molecule has 3 rings (SSSR count). The van der Waals surface area contributed by atoms with Gasteiger partial charge >= 0.3 is 0 Å². The van der Waals surface area contributed by atoms with Crippen LogP contribution in [0.3, 0.4) is 0 Å². The minimum Gasteiger partial charge on any atom is -0.492 e. The Balaban J connectivity index is 1.51. The van der Waals surface area contributed by atoms with E-state index in [0.717, 1.165) is 19.3 Å². The van der Waals surface area contributed by atoms with Crippen molar-refractivity contribution >= 4 is 9.84 Å². The van der Waals surface area contributed by atoms with Gasteiger partial charge in [0.25, 0.3) is 0 Å². The van der Waals surface area contributed by atoms with Gasteiger partial charge in [-0.2, -0.15) is 0 Å². The van der Waals surface area contributed by atoms with Crippen LogP contribution >= 0.6 is 0 Å². The normalized spacial score (nSPS) is 20.2. The number of hydrogen-bond acceptors (Lipinski definition) is 4. The molecule has 1 fully saturated rings. The smallest absolute Gasteiger partial charge is 0.175 e. The van der Waals surface area contributed by atoms with Crippen LogP contribution in [0.25, 0.3) is 0 Å². The van der Waals surface area contributed by atoms with Gasteiger partial charge < -0.3 is 10.1 Å². The Morgan fingerprint density at radius 3 is 2.65 bits per heavy atom. The van der Waals surface area contributed by atoms with Crippen LogP contribution in [0.5, 0.6) is 5.75 Å². The van der Waals surface area contributed by atoms with Crippen molar-refractivity contribution in [3.8, 4) is 5.75 Å². The van der Waals surface area contributed by atoms with E-state index in [4.69, 9.17) is 4.74 Å². The van der Waals surface area contributed by atoms with E-state index in [1.165, 1.54) is 24.0 Å². The molecule has 0 heterocycles. The zero-order chi connectivity index (χ0) is 18.6. The van der Waals surface area contributed by atoms with Gasteiger partial charge in [-0.1, -0.05) is 24.6 Å². The number of benzene rings is 2. The Hall–Kier alpha value is -1.92. The van der Waals surface area contributed by atoms with Crippen LogP contribution < -0.4 is 10.1 Å². The largest absolute Gasteiger partial charge is 0.492 e. The SMILES string of the molecule is CS(=O)(=O)c1cccc(OCCNC2CCCC2c2ccc(F)cc2)c1. The molecule has 1 N–H and O–H groups in total. The Morgan fingerprint density at radius 1 is 1.15 bits per heavy atom. The highest BCUT2D eigenvalue weighted by Gasteiger charge is 2.27. The lowest BCUT2D eigenvalue weighted by Gasteiger charge is -2.21. The van der Waals surface area contributed by atoms with Gasteiger partial charge in [0, 0.05) is 18.8 Å². The number of ether oxygens (including phenoxy) is 1. The first kappa shape index (κ1) is 18.9. The highest BCUT2D eigenvalue weighted by atomic mass is 32.2. The highest BCUT2D eigenvalue weighted by Crippen LogP contribution is 2.34. The first-order valence-electron chi connectivity index (χ1n) is 8.85. The molecule has 0 amide bonds. The van der Waals surface area contributed by atoms with Gasteiger partial charge in [0.1, 0.15) is 18.2 Å². The third-order valence-electron chi connectivity index (χ3n) is 4.83. The minimum absolute atomic E-state index is 0.207. The second kappa shape index (κ2) is 8.18. The Labute approximate surface area is 154 Å². The van der Waals surface area contributed by atoms with E-state index < -0.39 is 9.84 Å².